The Bertz CT molecular complexity index is 1720. The molecule has 1 saturated carbocycles. The minimum Gasteiger partial charge on any atom is -0.494 e. The van der Waals surface area contributed by atoms with Gasteiger partial charge in [0.05, 0.1) is 35.4 Å². The molecule has 230 valence electrons. The van der Waals surface area contributed by atoms with Crippen molar-refractivity contribution in [2.45, 2.75) is 51.7 Å². The van der Waals surface area contributed by atoms with E-state index in [0.29, 0.717) is 35.3 Å². The van der Waals surface area contributed by atoms with Crippen LogP contribution in [0, 0.1) is 6.92 Å². The number of carbonyl (C=O) groups excluding carboxylic acids is 2. The number of alkyl carbamates (subject to hydrolysis) is 1. The van der Waals surface area contributed by atoms with Crippen LogP contribution in [-0.4, -0.2) is 58.8 Å². The summed E-state index contributed by atoms with van der Waals surface area (Å²) < 4.78 is 11.3. The number of para-hydroxylation sites is 1. The fraction of sp³-hybridized carbons (Fsp3) is 0.333. The van der Waals surface area contributed by atoms with Crippen molar-refractivity contribution in [2.24, 2.45) is 0 Å². The molecule has 11 nitrogen and oxygen atoms in total. The summed E-state index contributed by atoms with van der Waals surface area (Å²) in [5, 5.41) is 10.3. The predicted molar refractivity (Wildman–Crippen MR) is 174 cm³/mol. The lowest BCUT2D eigenvalue weighted by atomic mass is 10.1. The van der Waals surface area contributed by atoms with Gasteiger partial charge in [-0.2, -0.15) is 0 Å². The molecule has 4 aromatic rings. The monoisotopic (exact) mass is 597 g/mol. The largest absolute Gasteiger partial charge is 0.494 e. The van der Waals surface area contributed by atoms with E-state index in [-0.39, 0.29) is 5.91 Å². The zero-order valence-electron chi connectivity index (χ0n) is 26.0. The van der Waals surface area contributed by atoms with Crippen molar-refractivity contribution in [1.82, 2.24) is 20.3 Å². The topological polar surface area (TPSA) is 134 Å². The number of anilines is 4. The van der Waals surface area contributed by atoms with Crippen LogP contribution in [0.5, 0.6) is 5.75 Å². The number of benzene rings is 2. The maximum absolute atomic E-state index is 12.5. The van der Waals surface area contributed by atoms with Gasteiger partial charge in [0.2, 0.25) is 11.9 Å². The molecular weight excluding hydrogens is 558 g/mol. The normalized spacial score (nSPS) is 13.6. The number of nitrogens with zero attached hydrogens (tertiary/aromatic N) is 3. The van der Waals surface area contributed by atoms with Gasteiger partial charge in [0, 0.05) is 48.5 Å². The Morgan fingerprint density at radius 3 is 2.61 bits per heavy atom. The molecular formula is C33H39N7O4. The lowest BCUT2D eigenvalue weighted by molar-refractivity contribution is -0.111. The third-order valence-corrected chi connectivity index (χ3v) is 7.39. The summed E-state index contributed by atoms with van der Waals surface area (Å²) in [6.45, 7) is 11.6. The van der Waals surface area contributed by atoms with E-state index < -0.39 is 17.2 Å². The number of likely N-dealkylation sites (N-methyl/N-ethyl adjacent to an activating group) is 1. The molecule has 44 heavy (non-hydrogen) atoms. The lowest BCUT2D eigenvalue weighted by Crippen LogP contribution is -2.46. The quantitative estimate of drug-likeness (QED) is 0.157. The Hall–Kier alpha value is -5.06. The highest BCUT2D eigenvalue weighted by Crippen LogP contribution is 2.42. The molecule has 0 bridgehead atoms. The molecule has 11 heteroatoms. The Morgan fingerprint density at radius 2 is 1.93 bits per heavy atom. The van der Waals surface area contributed by atoms with E-state index in [1.54, 1.807) is 19.4 Å². The Kier molecular flexibility index (Phi) is 8.23. The number of aryl methyl sites for hydroxylation is 1. The fourth-order valence-corrected chi connectivity index (χ4v) is 5.13. The summed E-state index contributed by atoms with van der Waals surface area (Å²) in [5.41, 5.74) is 4.47. The van der Waals surface area contributed by atoms with Gasteiger partial charge in [-0.25, -0.2) is 14.8 Å². The molecule has 0 radical (unpaired) electrons. The first kappa shape index (κ1) is 30.4. The zero-order chi connectivity index (χ0) is 31.6. The highest BCUT2D eigenvalue weighted by atomic mass is 16.6. The number of carbonyl (C=O) groups is 2. The first-order chi connectivity index (χ1) is 20.9. The molecule has 2 aromatic heterocycles. The van der Waals surface area contributed by atoms with Crippen molar-refractivity contribution in [3.05, 3.63) is 67.0 Å². The molecule has 2 amide bonds. The van der Waals surface area contributed by atoms with Crippen molar-refractivity contribution in [2.75, 3.05) is 36.2 Å². The molecule has 5 rings (SSSR count). The van der Waals surface area contributed by atoms with Crippen LogP contribution in [0.3, 0.4) is 0 Å². The number of H-pyrrole nitrogens is 1. The number of aromatic amines is 1. The van der Waals surface area contributed by atoms with Gasteiger partial charge >= 0.3 is 6.09 Å². The first-order valence-corrected chi connectivity index (χ1v) is 14.5. The maximum atomic E-state index is 12.5. The smallest absolute Gasteiger partial charge is 0.408 e. The molecule has 0 spiro atoms. The third-order valence-electron chi connectivity index (χ3n) is 7.39. The van der Waals surface area contributed by atoms with Crippen LogP contribution in [-0.2, 0) is 9.53 Å². The van der Waals surface area contributed by atoms with E-state index in [0.717, 1.165) is 40.6 Å². The molecule has 1 aliphatic rings. The summed E-state index contributed by atoms with van der Waals surface area (Å²) >= 11 is 0. The minimum absolute atomic E-state index is 0.364. The first-order valence-electron chi connectivity index (χ1n) is 14.5. The summed E-state index contributed by atoms with van der Waals surface area (Å²) in [5.74, 6) is 0.526. The van der Waals surface area contributed by atoms with Crippen LogP contribution in [0.2, 0.25) is 0 Å². The van der Waals surface area contributed by atoms with Crippen LogP contribution in [0.4, 0.5) is 27.8 Å². The van der Waals surface area contributed by atoms with Gasteiger partial charge in [0.25, 0.3) is 0 Å². The lowest BCUT2D eigenvalue weighted by Gasteiger charge is -2.30. The number of rotatable bonds is 10. The van der Waals surface area contributed by atoms with Gasteiger partial charge < -0.3 is 35.3 Å². The van der Waals surface area contributed by atoms with Crippen LogP contribution < -0.4 is 25.6 Å². The fourth-order valence-electron chi connectivity index (χ4n) is 5.13. The van der Waals surface area contributed by atoms with E-state index in [1.165, 1.54) is 6.08 Å². The maximum Gasteiger partial charge on any atom is 0.408 e. The molecule has 0 atom stereocenters. The average Bonchev–Trinajstić information content (AvgIpc) is 3.57. The highest BCUT2D eigenvalue weighted by molar-refractivity contribution is 6.02. The number of aromatic nitrogens is 3. The third kappa shape index (κ3) is 6.77. The van der Waals surface area contributed by atoms with E-state index in [4.69, 9.17) is 14.5 Å². The van der Waals surface area contributed by atoms with Gasteiger partial charge in [0.1, 0.15) is 11.4 Å². The second-order valence-corrected chi connectivity index (χ2v) is 12.1. The van der Waals surface area contributed by atoms with E-state index in [2.05, 4.69) is 38.6 Å². The number of fused-ring (bicyclic) bond motifs is 1. The average molecular weight is 598 g/mol. The second-order valence-electron chi connectivity index (χ2n) is 12.1. The van der Waals surface area contributed by atoms with Gasteiger partial charge in [0.15, 0.2) is 0 Å². The van der Waals surface area contributed by atoms with Crippen LogP contribution in [0.15, 0.2) is 61.4 Å². The van der Waals surface area contributed by atoms with Crippen molar-refractivity contribution < 1.29 is 19.1 Å². The molecule has 4 N–H and O–H groups in total. The minimum atomic E-state index is -0.595. The number of hydrogen-bond donors (Lipinski definition) is 4. The number of methoxy groups -OCH3 is 1. The van der Waals surface area contributed by atoms with Gasteiger partial charge in [-0.3, -0.25) is 4.79 Å². The zero-order valence-corrected chi connectivity index (χ0v) is 26.0. The molecule has 2 heterocycles. The summed E-state index contributed by atoms with van der Waals surface area (Å²) in [4.78, 5) is 39.7. The molecule has 0 unspecified atom stereocenters. The second kappa shape index (κ2) is 11.9. The van der Waals surface area contributed by atoms with Crippen molar-refractivity contribution in [1.29, 1.82) is 0 Å². The predicted octanol–water partition coefficient (Wildman–Crippen LogP) is 6.30. The van der Waals surface area contributed by atoms with Crippen LogP contribution in [0.25, 0.3) is 22.2 Å². The number of ether oxygens (including phenoxy) is 2. The Labute approximate surface area is 257 Å². The number of hydrogen-bond acceptors (Lipinski definition) is 8. The van der Waals surface area contributed by atoms with Gasteiger partial charge in [-0.05, 0) is 64.3 Å². The molecule has 1 aliphatic carbocycles. The van der Waals surface area contributed by atoms with Crippen molar-refractivity contribution in [3.8, 4) is 17.0 Å². The Morgan fingerprint density at radius 1 is 1.18 bits per heavy atom. The SMILES string of the molecule is C=CC(=O)Nc1cc(Nc2ncc(C)c(-c3c[nH]c4ccccc34)n2)c(OC)cc1N(C)CC1(NC(=O)OC(C)(C)C)CC1. The van der Waals surface area contributed by atoms with Crippen molar-refractivity contribution >= 4 is 45.9 Å². The number of amides is 2. The van der Waals surface area contributed by atoms with E-state index >= 15 is 0 Å². The number of nitrogens with one attached hydrogen (secondary N) is 4. The summed E-state index contributed by atoms with van der Waals surface area (Å²) in [7, 11) is 3.48. The molecule has 2 aromatic carbocycles. The summed E-state index contributed by atoms with van der Waals surface area (Å²) in [6, 6.07) is 11.7. The van der Waals surface area contributed by atoms with Crippen LogP contribution in [0.1, 0.15) is 39.2 Å². The Balaban J connectivity index is 1.45. The van der Waals surface area contributed by atoms with E-state index in [9.17, 15) is 9.59 Å². The van der Waals surface area contributed by atoms with Crippen molar-refractivity contribution in [3.63, 3.8) is 0 Å². The van der Waals surface area contributed by atoms with E-state index in [1.807, 2.05) is 70.1 Å². The van der Waals surface area contributed by atoms with Crippen LogP contribution >= 0.6 is 0 Å². The summed E-state index contributed by atoms with van der Waals surface area (Å²) in [6.07, 6.45) is 6.10. The molecule has 0 aliphatic heterocycles. The van der Waals surface area contributed by atoms with Gasteiger partial charge in [-0.1, -0.05) is 24.8 Å². The molecule has 0 saturated heterocycles. The standard InChI is InChI=1S/C33H39N7O4/c1-8-28(41)36-24-15-25(37-30-35-17-20(2)29(38-30)22-18-34-23-12-10-9-11-21(22)23)27(43-7)16-26(24)40(6)19-33(13-14-33)39-31(42)44-32(3,4)5/h8-12,15-18,34H,1,13-14,19H2,2-7H3,(H,36,41)(H,39,42)(H,35,37,38). The molecule has 1 fully saturated rings. The van der Waals surface area contributed by atoms with Gasteiger partial charge in [-0.15, -0.1) is 0 Å². The highest BCUT2D eigenvalue weighted by Gasteiger charge is 2.46.